The molecule has 1 aliphatic rings. The van der Waals surface area contributed by atoms with Gasteiger partial charge in [-0.1, -0.05) is 0 Å². The highest BCUT2D eigenvalue weighted by atomic mass is 32.1. The van der Waals surface area contributed by atoms with Crippen molar-refractivity contribution < 1.29 is 4.79 Å². The van der Waals surface area contributed by atoms with Gasteiger partial charge in [-0.15, -0.1) is 11.3 Å². The number of aromatic nitrogens is 1. The summed E-state index contributed by atoms with van der Waals surface area (Å²) in [5.41, 5.74) is 5.59. The molecule has 1 aromatic heterocycles. The third-order valence-electron chi connectivity index (χ3n) is 2.82. The van der Waals surface area contributed by atoms with Gasteiger partial charge in [0.1, 0.15) is 0 Å². The van der Waals surface area contributed by atoms with Gasteiger partial charge < -0.3 is 16.0 Å². The second kappa shape index (κ2) is 5.33. The Bertz CT molecular complexity index is 386. The first-order chi connectivity index (χ1) is 8.19. The molecule has 0 saturated carbocycles. The summed E-state index contributed by atoms with van der Waals surface area (Å²) in [5, 5.41) is 3.26. The number of carbonyl (C=O) groups excluding carboxylic acids is 1. The molecular formula is C10H17N5OS. The van der Waals surface area contributed by atoms with E-state index in [1.165, 1.54) is 16.2 Å². The minimum Gasteiger partial charge on any atom is -0.375 e. The van der Waals surface area contributed by atoms with Gasteiger partial charge in [0.15, 0.2) is 5.13 Å². The van der Waals surface area contributed by atoms with E-state index in [-0.39, 0.29) is 6.03 Å². The van der Waals surface area contributed by atoms with E-state index in [9.17, 15) is 4.79 Å². The number of piperazine rings is 1. The van der Waals surface area contributed by atoms with Crippen molar-refractivity contribution in [3.05, 3.63) is 11.1 Å². The number of nitrogens with zero attached hydrogens (tertiary/aromatic N) is 3. The highest BCUT2D eigenvalue weighted by Crippen LogP contribution is 2.17. The third kappa shape index (κ3) is 3.07. The standard InChI is InChI=1S/C10H17N5OS/c1-12-10(16)15-4-2-14(3-5-15)7-8-6-13-9(11)17-8/h6H,2-5,7H2,1H3,(H2,11,13)(H,12,16). The zero-order valence-electron chi connectivity index (χ0n) is 9.85. The SMILES string of the molecule is CNC(=O)N1CCN(Cc2cnc(N)s2)CC1. The second-order valence-corrected chi connectivity index (χ2v) is 5.13. The average Bonchev–Trinajstić information content (AvgIpc) is 2.75. The van der Waals surface area contributed by atoms with E-state index in [1.54, 1.807) is 7.05 Å². The molecule has 0 aromatic carbocycles. The molecule has 17 heavy (non-hydrogen) atoms. The lowest BCUT2D eigenvalue weighted by atomic mass is 10.3. The molecule has 0 aliphatic carbocycles. The van der Waals surface area contributed by atoms with Gasteiger partial charge >= 0.3 is 6.03 Å². The lowest BCUT2D eigenvalue weighted by Gasteiger charge is -2.34. The molecule has 1 fully saturated rings. The first kappa shape index (κ1) is 12.1. The Morgan fingerprint density at radius 2 is 2.24 bits per heavy atom. The van der Waals surface area contributed by atoms with Gasteiger partial charge in [0.2, 0.25) is 0 Å². The van der Waals surface area contributed by atoms with Crippen LogP contribution in [0.1, 0.15) is 4.88 Å². The molecule has 94 valence electrons. The number of rotatable bonds is 2. The van der Waals surface area contributed by atoms with Gasteiger partial charge in [0.05, 0.1) is 0 Å². The van der Waals surface area contributed by atoms with Crippen LogP contribution in [-0.4, -0.2) is 54.0 Å². The maximum Gasteiger partial charge on any atom is 0.317 e. The number of thiazole rings is 1. The van der Waals surface area contributed by atoms with Crippen LogP contribution < -0.4 is 11.1 Å². The molecule has 2 rings (SSSR count). The van der Waals surface area contributed by atoms with Crippen molar-refractivity contribution in [2.45, 2.75) is 6.54 Å². The lowest BCUT2D eigenvalue weighted by Crippen LogP contribution is -2.50. The maximum atomic E-state index is 11.4. The Labute approximate surface area is 104 Å². The largest absolute Gasteiger partial charge is 0.375 e. The normalized spacial score (nSPS) is 17.1. The zero-order valence-corrected chi connectivity index (χ0v) is 10.7. The first-order valence-corrected chi connectivity index (χ1v) is 6.40. The molecule has 7 heteroatoms. The Kier molecular flexibility index (Phi) is 3.80. The molecule has 0 radical (unpaired) electrons. The molecule has 1 aliphatic heterocycles. The average molecular weight is 255 g/mol. The van der Waals surface area contributed by atoms with Gasteiger partial charge in [0.25, 0.3) is 0 Å². The lowest BCUT2D eigenvalue weighted by molar-refractivity contribution is 0.137. The summed E-state index contributed by atoms with van der Waals surface area (Å²) in [6.45, 7) is 4.20. The molecule has 0 unspecified atom stereocenters. The van der Waals surface area contributed by atoms with E-state index < -0.39 is 0 Å². The van der Waals surface area contributed by atoms with Gasteiger partial charge in [-0.05, 0) is 0 Å². The Hall–Kier alpha value is -1.34. The van der Waals surface area contributed by atoms with Crippen molar-refractivity contribution in [3.8, 4) is 0 Å². The number of nitrogens with two attached hydrogens (primary N) is 1. The smallest absolute Gasteiger partial charge is 0.317 e. The van der Waals surface area contributed by atoms with Gasteiger partial charge in [-0.3, -0.25) is 4.90 Å². The van der Waals surface area contributed by atoms with Crippen LogP contribution >= 0.6 is 11.3 Å². The summed E-state index contributed by atoms with van der Waals surface area (Å²) in [4.78, 5) is 20.8. The van der Waals surface area contributed by atoms with Crippen LogP contribution in [-0.2, 0) is 6.54 Å². The summed E-state index contributed by atoms with van der Waals surface area (Å²) >= 11 is 1.53. The molecule has 1 aromatic rings. The molecule has 0 spiro atoms. The summed E-state index contributed by atoms with van der Waals surface area (Å²) in [7, 11) is 1.66. The molecule has 1 saturated heterocycles. The molecule has 0 atom stereocenters. The van der Waals surface area contributed by atoms with E-state index in [0.717, 1.165) is 32.7 Å². The van der Waals surface area contributed by atoms with E-state index in [0.29, 0.717) is 5.13 Å². The maximum absolute atomic E-state index is 11.4. The molecular weight excluding hydrogens is 238 g/mol. The summed E-state index contributed by atoms with van der Waals surface area (Å²) in [6.07, 6.45) is 1.82. The fraction of sp³-hybridized carbons (Fsp3) is 0.600. The predicted molar refractivity (Wildman–Crippen MR) is 67.8 cm³/mol. The fourth-order valence-electron chi connectivity index (χ4n) is 1.88. The summed E-state index contributed by atoms with van der Waals surface area (Å²) in [5.74, 6) is 0. The van der Waals surface area contributed by atoms with Crippen LogP contribution in [0.4, 0.5) is 9.93 Å². The van der Waals surface area contributed by atoms with E-state index in [1.807, 2.05) is 11.1 Å². The Balaban J connectivity index is 1.81. The molecule has 0 bridgehead atoms. The zero-order chi connectivity index (χ0) is 12.3. The molecule has 3 N–H and O–H groups in total. The second-order valence-electron chi connectivity index (χ2n) is 3.98. The van der Waals surface area contributed by atoms with Crippen molar-refractivity contribution in [2.75, 3.05) is 39.0 Å². The topological polar surface area (TPSA) is 74.5 Å². The monoisotopic (exact) mass is 255 g/mol. The number of nitrogen functional groups attached to an aromatic ring is 1. The number of nitrogens with one attached hydrogen (secondary N) is 1. The van der Waals surface area contributed by atoms with Crippen LogP contribution in [0.3, 0.4) is 0 Å². The van der Waals surface area contributed by atoms with Crippen molar-refractivity contribution in [1.29, 1.82) is 0 Å². The van der Waals surface area contributed by atoms with Crippen LogP contribution in [0, 0.1) is 0 Å². The van der Waals surface area contributed by atoms with Gasteiger partial charge in [-0.25, -0.2) is 9.78 Å². The predicted octanol–water partition coefficient (Wildman–Crippen LogP) is 0.182. The van der Waals surface area contributed by atoms with Gasteiger partial charge in [0, 0.05) is 50.8 Å². The van der Waals surface area contributed by atoms with E-state index in [4.69, 9.17) is 5.73 Å². The van der Waals surface area contributed by atoms with Crippen molar-refractivity contribution >= 4 is 22.5 Å². The number of hydrogen-bond acceptors (Lipinski definition) is 5. The van der Waals surface area contributed by atoms with Gasteiger partial charge in [-0.2, -0.15) is 0 Å². The third-order valence-corrected chi connectivity index (χ3v) is 3.64. The quantitative estimate of drug-likeness (QED) is 0.790. The van der Waals surface area contributed by atoms with E-state index >= 15 is 0 Å². The Morgan fingerprint density at radius 3 is 2.76 bits per heavy atom. The minimum atomic E-state index is 0.00619. The minimum absolute atomic E-state index is 0.00619. The van der Waals surface area contributed by atoms with E-state index in [2.05, 4.69) is 15.2 Å². The van der Waals surface area contributed by atoms with Crippen LogP contribution in [0.5, 0.6) is 0 Å². The molecule has 6 nitrogen and oxygen atoms in total. The van der Waals surface area contributed by atoms with Crippen LogP contribution in [0.25, 0.3) is 0 Å². The molecule has 2 amide bonds. The summed E-state index contributed by atoms with van der Waals surface area (Å²) < 4.78 is 0. The number of carbonyl (C=O) groups is 1. The number of amides is 2. The van der Waals surface area contributed by atoms with Crippen molar-refractivity contribution in [3.63, 3.8) is 0 Å². The van der Waals surface area contributed by atoms with Crippen LogP contribution in [0.2, 0.25) is 0 Å². The highest BCUT2D eigenvalue weighted by Gasteiger charge is 2.20. The van der Waals surface area contributed by atoms with Crippen LogP contribution in [0.15, 0.2) is 6.20 Å². The Morgan fingerprint density at radius 1 is 1.53 bits per heavy atom. The summed E-state index contributed by atoms with van der Waals surface area (Å²) in [6, 6.07) is 0.00619. The number of anilines is 1. The fourth-order valence-corrected chi connectivity index (χ4v) is 2.61. The van der Waals surface area contributed by atoms with Crippen molar-refractivity contribution in [1.82, 2.24) is 20.1 Å². The first-order valence-electron chi connectivity index (χ1n) is 5.58. The molecule has 2 heterocycles. The number of hydrogen-bond donors (Lipinski definition) is 2. The van der Waals surface area contributed by atoms with Crippen molar-refractivity contribution in [2.24, 2.45) is 0 Å². The number of urea groups is 1. The highest BCUT2D eigenvalue weighted by molar-refractivity contribution is 7.15.